The number of aromatic nitrogens is 1. The van der Waals surface area contributed by atoms with E-state index in [2.05, 4.69) is 5.32 Å². The number of ether oxygens (including phenoxy) is 1. The van der Waals surface area contributed by atoms with Crippen LogP contribution in [0, 0.1) is 5.82 Å². The number of nitrogens with one attached hydrogen (secondary N) is 1. The Balaban J connectivity index is 1.75. The Morgan fingerprint density at radius 1 is 1.29 bits per heavy atom. The maximum absolute atomic E-state index is 13.5. The van der Waals surface area contributed by atoms with Crippen molar-refractivity contribution in [3.8, 4) is 0 Å². The summed E-state index contributed by atoms with van der Waals surface area (Å²) >= 11 is 13.3. The van der Waals surface area contributed by atoms with Crippen LogP contribution in [0.3, 0.4) is 0 Å². The molecule has 0 spiro atoms. The normalized spacial score (nSPS) is 12.1. The maximum Gasteiger partial charge on any atom is 0.328 e. The summed E-state index contributed by atoms with van der Waals surface area (Å²) in [5.41, 5.74) is 1.25. The van der Waals surface area contributed by atoms with E-state index in [4.69, 9.17) is 27.9 Å². The highest BCUT2D eigenvalue weighted by molar-refractivity contribution is 7.20. The van der Waals surface area contributed by atoms with Crippen molar-refractivity contribution in [3.63, 3.8) is 0 Å². The summed E-state index contributed by atoms with van der Waals surface area (Å²) in [4.78, 5) is 24.8. The number of thiophene rings is 1. The first-order valence-electron chi connectivity index (χ1n) is 8.51. The first kappa shape index (κ1) is 20.6. The Hall–Kier alpha value is -2.09. The van der Waals surface area contributed by atoms with Crippen molar-refractivity contribution >= 4 is 57.3 Å². The molecule has 3 aromatic rings. The minimum Gasteiger partial charge on any atom is -0.464 e. The largest absolute Gasteiger partial charge is 0.464 e. The Morgan fingerprint density at radius 3 is 2.75 bits per heavy atom. The van der Waals surface area contributed by atoms with Gasteiger partial charge in [0.2, 0.25) is 5.91 Å². The van der Waals surface area contributed by atoms with Crippen LogP contribution in [0.2, 0.25) is 8.67 Å². The molecule has 148 valence electrons. The molecule has 0 aliphatic rings. The predicted octanol–water partition coefficient (Wildman–Crippen LogP) is 4.44. The van der Waals surface area contributed by atoms with Crippen molar-refractivity contribution in [2.45, 2.75) is 25.9 Å². The number of carbonyl (C=O) groups is 2. The van der Waals surface area contributed by atoms with Crippen molar-refractivity contribution in [3.05, 3.63) is 56.6 Å². The van der Waals surface area contributed by atoms with Crippen LogP contribution in [0.1, 0.15) is 12.5 Å². The van der Waals surface area contributed by atoms with Crippen LogP contribution in [-0.4, -0.2) is 29.1 Å². The number of amides is 1. The highest BCUT2D eigenvalue weighted by atomic mass is 35.5. The Kier molecular flexibility index (Phi) is 6.59. The minimum atomic E-state index is -0.908. The number of esters is 1. The molecule has 1 atom stereocenters. The molecular weight excluding hydrogens is 426 g/mol. The summed E-state index contributed by atoms with van der Waals surface area (Å²) in [7, 11) is 0. The van der Waals surface area contributed by atoms with Gasteiger partial charge in [0.1, 0.15) is 18.4 Å². The van der Waals surface area contributed by atoms with E-state index in [9.17, 15) is 14.0 Å². The minimum absolute atomic E-state index is 0.0685. The number of nitrogens with zero attached hydrogens (tertiary/aromatic N) is 1. The quantitative estimate of drug-likeness (QED) is 0.550. The van der Waals surface area contributed by atoms with Gasteiger partial charge in [0.05, 0.1) is 20.8 Å². The van der Waals surface area contributed by atoms with E-state index in [-0.39, 0.29) is 25.4 Å². The summed E-state index contributed by atoms with van der Waals surface area (Å²) in [6, 6.07) is 6.91. The van der Waals surface area contributed by atoms with E-state index < -0.39 is 17.9 Å². The van der Waals surface area contributed by atoms with Gasteiger partial charge in [0.15, 0.2) is 0 Å². The first-order valence-corrected chi connectivity index (χ1v) is 10.1. The van der Waals surface area contributed by atoms with Crippen molar-refractivity contribution in [1.82, 2.24) is 9.88 Å². The number of fused-ring (bicyclic) bond motifs is 1. The molecule has 0 saturated heterocycles. The Morgan fingerprint density at radius 2 is 2.07 bits per heavy atom. The molecule has 9 heteroatoms. The fourth-order valence-electron chi connectivity index (χ4n) is 2.86. The average molecular weight is 443 g/mol. The molecule has 28 heavy (non-hydrogen) atoms. The molecule has 1 N–H and O–H groups in total. The van der Waals surface area contributed by atoms with Gasteiger partial charge in [-0.2, -0.15) is 0 Å². The standard InChI is InChI=1S/C19H17Cl2FN2O3S/c1-2-27-19(26)14(7-12-8-16(20)28-18(12)21)23-17(25)10-24-6-5-11-3-4-13(22)9-15(11)24/h3-6,8-9,14H,2,7,10H2,1H3,(H,23,25). The second-order valence-electron chi connectivity index (χ2n) is 6.07. The van der Waals surface area contributed by atoms with Crippen LogP contribution in [0.5, 0.6) is 0 Å². The van der Waals surface area contributed by atoms with Crippen LogP contribution in [0.15, 0.2) is 36.5 Å². The predicted molar refractivity (Wildman–Crippen MR) is 109 cm³/mol. The number of carbonyl (C=O) groups excluding carboxylic acids is 2. The number of benzene rings is 1. The zero-order chi connectivity index (χ0) is 20.3. The second-order valence-corrected chi connectivity index (χ2v) is 8.36. The Labute approximate surface area is 175 Å². The molecule has 0 bridgehead atoms. The molecule has 3 rings (SSSR count). The van der Waals surface area contributed by atoms with Gasteiger partial charge in [-0.3, -0.25) is 4.79 Å². The smallest absolute Gasteiger partial charge is 0.328 e. The Bertz CT molecular complexity index is 1020. The first-order chi connectivity index (χ1) is 13.4. The van der Waals surface area contributed by atoms with Gasteiger partial charge in [0, 0.05) is 12.6 Å². The number of hydrogen-bond acceptors (Lipinski definition) is 4. The average Bonchev–Trinajstić information content (AvgIpc) is 3.17. The molecule has 5 nitrogen and oxygen atoms in total. The lowest BCUT2D eigenvalue weighted by atomic mass is 10.1. The van der Waals surface area contributed by atoms with Gasteiger partial charge in [-0.25, -0.2) is 9.18 Å². The number of rotatable bonds is 7. The van der Waals surface area contributed by atoms with E-state index in [1.54, 1.807) is 35.9 Å². The second kappa shape index (κ2) is 8.94. The molecule has 1 unspecified atom stereocenters. The molecular formula is C19H17Cl2FN2O3S. The third-order valence-electron chi connectivity index (χ3n) is 4.11. The van der Waals surface area contributed by atoms with E-state index in [1.165, 1.54) is 23.5 Å². The third kappa shape index (κ3) is 4.84. The lowest BCUT2D eigenvalue weighted by molar-refractivity contribution is -0.147. The molecule has 2 heterocycles. The van der Waals surface area contributed by atoms with Gasteiger partial charge in [-0.05, 0) is 48.2 Å². The molecule has 2 aromatic heterocycles. The topological polar surface area (TPSA) is 60.3 Å². The SMILES string of the molecule is CCOC(=O)C(Cc1cc(Cl)sc1Cl)NC(=O)Cn1ccc2ccc(F)cc21. The van der Waals surface area contributed by atoms with Crippen molar-refractivity contribution in [2.24, 2.45) is 0 Å². The van der Waals surface area contributed by atoms with Gasteiger partial charge in [-0.1, -0.05) is 23.2 Å². The van der Waals surface area contributed by atoms with Crippen LogP contribution in [0.4, 0.5) is 4.39 Å². The molecule has 0 radical (unpaired) electrons. The van der Waals surface area contributed by atoms with Crippen LogP contribution >= 0.6 is 34.5 Å². The molecule has 1 amide bonds. The highest BCUT2D eigenvalue weighted by Crippen LogP contribution is 2.32. The van der Waals surface area contributed by atoms with Crippen LogP contribution in [0.25, 0.3) is 10.9 Å². The van der Waals surface area contributed by atoms with E-state index in [0.717, 1.165) is 5.39 Å². The maximum atomic E-state index is 13.5. The van der Waals surface area contributed by atoms with Gasteiger partial charge in [0.25, 0.3) is 0 Å². The molecule has 0 saturated carbocycles. The number of halogens is 3. The fraction of sp³-hybridized carbons (Fsp3) is 0.263. The highest BCUT2D eigenvalue weighted by Gasteiger charge is 2.24. The molecule has 0 fully saturated rings. The molecule has 1 aromatic carbocycles. The van der Waals surface area contributed by atoms with Crippen LogP contribution < -0.4 is 5.32 Å². The van der Waals surface area contributed by atoms with Crippen molar-refractivity contribution < 1.29 is 18.7 Å². The van der Waals surface area contributed by atoms with Gasteiger partial charge < -0.3 is 14.6 Å². The zero-order valence-corrected chi connectivity index (χ0v) is 17.2. The fourth-order valence-corrected chi connectivity index (χ4v) is 4.37. The summed E-state index contributed by atoms with van der Waals surface area (Å²) in [5.74, 6) is -1.35. The van der Waals surface area contributed by atoms with Gasteiger partial charge >= 0.3 is 5.97 Å². The van der Waals surface area contributed by atoms with Crippen LogP contribution in [-0.2, 0) is 27.3 Å². The summed E-state index contributed by atoms with van der Waals surface area (Å²) in [6.45, 7) is 1.80. The summed E-state index contributed by atoms with van der Waals surface area (Å²) < 4.78 is 21.1. The van der Waals surface area contributed by atoms with E-state index in [0.29, 0.717) is 19.8 Å². The van der Waals surface area contributed by atoms with E-state index >= 15 is 0 Å². The third-order valence-corrected chi connectivity index (χ3v) is 5.68. The van der Waals surface area contributed by atoms with Gasteiger partial charge in [-0.15, -0.1) is 11.3 Å². The van der Waals surface area contributed by atoms with E-state index in [1.807, 2.05) is 0 Å². The van der Waals surface area contributed by atoms with Crippen molar-refractivity contribution in [2.75, 3.05) is 6.61 Å². The number of hydrogen-bond donors (Lipinski definition) is 1. The monoisotopic (exact) mass is 442 g/mol. The molecule has 0 aliphatic heterocycles. The lowest BCUT2D eigenvalue weighted by Crippen LogP contribution is -2.44. The summed E-state index contributed by atoms with van der Waals surface area (Å²) in [6.07, 6.45) is 1.85. The van der Waals surface area contributed by atoms with Crippen molar-refractivity contribution in [1.29, 1.82) is 0 Å². The zero-order valence-electron chi connectivity index (χ0n) is 14.9. The lowest BCUT2D eigenvalue weighted by Gasteiger charge is -2.17. The molecule has 0 aliphatic carbocycles. The summed E-state index contributed by atoms with van der Waals surface area (Å²) in [5, 5.41) is 3.49.